The van der Waals surface area contributed by atoms with Crippen LogP contribution < -0.4 is 10.6 Å². The third-order valence-corrected chi connectivity index (χ3v) is 6.20. The van der Waals surface area contributed by atoms with Crippen LogP contribution in [0.5, 0.6) is 0 Å². The maximum absolute atomic E-state index is 13.1. The zero-order valence-corrected chi connectivity index (χ0v) is 21.4. The molecule has 1 atom stereocenters. The number of aryl methyl sites for hydroxylation is 1. The molecule has 3 aromatic rings. The van der Waals surface area contributed by atoms with Crippen LogP contribution in [0.15, 0.2) is 54.3 Å². The predicted molar refractivity (Wildman–Crippen MR) is 135 cm³/mol. The lowest BCUT2D eigenvalue weighted by molar-refractivity contribution is -0.137. The number of imidazole rings is 1. The van der Waals surface area contributed by atoms with Gasteiger partial charge in [0.2, 0.25) is 0 Å². The molecule has 2 amide bonds. The Bertz CT molecular complexity index is 1390. The second kappa shape index (κ2) is 11.5. The Hall–Kier alpha value is -3.84. The Balaban J connectivity index is 1.70. The minimum Gasteiger partial charge on any atom is -0.342 e. The van der Waals surface area contributed by atoms with E-state index in [2.05, 4.69) is 37.2 Å². The number of hydrogen-bond donors (Lipinski definition) is 2. The van der Waals surface area contributed by atoms with Crippen LogP contribution in [0, 0.1) is 6.92 Å². The molecule has 0 bridgehead atoms. The minimum atomic E-state index is -4.70. The first-order chi connectivity index (χ1) is 17.4. The first-order valence-corrected chi connectivity index (χ1v) is 11.8. The molecule has 0 fully saturated rings. The van der Waals surface area contributed by atoms with Gasteiger partial charge in [0.15, 0.2) is 0 Å². The number of alkyl halides is 3. The molecule has 0 unspecified atom stereocenters. The number of pyridine rings is 1. The number of thiazole rings is 1. The number of halogens is 4. The number of aromatic nitrogens is 4. The number of nitrogens with one attached hydrogen (secondary N) is 2. The normalized spacial score (nSPS) is 13.0. The lowest BCUT2D eigenvalue weighted by Crippen LogP contribution is -2.27. The van der Waals surface area contributed by atoms with Gasteiger partial charge < -0.3 is 15.2 Å². The summed E-state index contributed by atoms with van der Waals surface area (Å²) in [6.07, 6.45) is 3.63. The van der Waals surface area contributed by atoms with Crippen LogP contribution >= 0.6 is 22.9 Å². The van der Waals surface area contributed by atoms with Crippen LogP contribution in [0.25, 0.3) is 5.70 Å². The molecule has 14 heteroatoms. The van der Waals surface area contributed by atoms with Crippen LogP contribution in [0.4, 0.5) is 19.0 Å². The summed E-state index contributed by atoms with van der Waals surface area (Å²) in [5, 5.41) is 4.85. The van der Waals surface area contributed by atoms with Gasteiger partial charge in [-0.1, -0.05) is 18.2 Å². The van der Waals surface area contributed by atoms with E-state index in [1.54, 1.807) is 30.9 Å². The minimum absolute atomic E-state index is 0.0921. The summed E-state index contributed by atoms with van der Waals surface area (Å²) in [7, 11) is 0. The highest BCUT2D eigenvalue weighted by Crippen LogP contribution is 2.35. The number of amides is 2. The van der Waals surface area contributed by atoms with Crippen LogP contribution in [-0.4, -0.2) is 37.5 Å². The first kappa shape index (κ1) is 27.7. The summed E-state index contributed by atoms with van der Waals surface area (Å²) in [6, 6.07) is 0.0373. The van der Waals surface area contributed by atoms with Gasteiger partial charge in [-0.3, -0.25) is 14.6 Å². The van der Waals surface area contributed by atoms with Crippen LogP contribution in [0.1, 0.15) is 45.8 Å². The molecule has 0 saturated heterocycles. The molecule has 0 aromatic carbocycles. The van der Waals surface area contributed by atoms with Crippen molar-refractivity contribution in [2.24, 2.45) is 4.99 Å². The van der Waals surface area contributed by atoms with Gasteiger partial charge in [-0.2, -0.15) is 13.2 Å². The number of hydrogen-bond acceptors (Lipinski definition) is 7. The van der Waals surface area contributed by atoms with Gasteiger partial charge >= 0.3 is 6.18 Å². The summed E-state index contributed by atoms with van der Waals surface area (Å²) in [5.74, 6) is -1.54. The molecule has 3 aromatic heterocycles. The van der Waals surface area contributed by atoms with E-state index in [-0.39, 0.29) is 16.4 Å². The average molecular weight is 552 g/mol. The average Bonchev–Trinajstić information content (AvgIpc) is 3.49. The fraction of sp³-hybridized carbons (Fsp3) is 0.217. The van der Waals surface area contributed by atoms with Crippen LogP contribution in [0.3, 0.4) is 0 Å². The van der Waals surface area contributed by atoms with Crippen molar-refractivity contribution in [1.82, 2.24) is 24.8 Å². The van der Waals surface area contributed by atoms with E-state index in [1.807, 2.05) is 6.92 Å². The summed E-state index contributed by atoms with van der Waals surface area (Å²) in [4.78, 5) is 41.6. The molecule has 0 radical (unpaired) electrons. The summed E-state index contributed by atoms with van der Waals surface area (Å²) < 4.78 is 40.8. The van der Waals surface area contributed by atoms with Gasteiger partial charge in [0.1, 0.15) is 21.4 Å². The SMILES string of the molecule is C=C(/C=C(\N=C/C)C(=O)N[C@H](C)c1ncc(C(=O)Nc2cc(C(F)(F)F)c(Cl)cn2)s1)n1cnc(C)c1. The molecule has 0 aliphatic carbocycles. The van der Waals surface area contributed by atoms with Crippen molar-refractivity contribution in [3.8, 4) is 0 Å². The molecule has 3 heterocycles. The van der Waals surface area contributed by atoms with Crippen molar-refractivity contribution in [1.29, 1.82) is 0 Å². The Morgan fingerprint density at radius 3 is 2.62 bits per heavy atom. The van der Waals surface area contributed by atoms with E-state index in [9.17, 15) is 22.8 Å². The van der Waals surface area contributed by atoms with Crippen LogP contribution in [-0.2, 0) is 11.0 Å². The smallest absolute Gasteiger partial charge is 0.342 e. The summed E-state index contributed by atoms with van der Waals surface area (Å²) in [6.45, 7) is 9.07. The van der Waals surface area contributed by atoms with E-state index in [1.165, 1.54) is 18.5 Å². The number of nitrogens with zero attached hydrogens (tertiary/aromatic N) is 5. The highest BCUT2D eigenvalue weighted by molar-refractivity contribution is 7.13. The number of carbonyl (C=O) groups excluding carboxylic acids is 2. The molecule has 37 heavy (non-hydrogen) atoms. The zero-order valence-electron chi connectivity index (χ0n) is 19.8. The standard InChI is InChI=1S/C23H21ClF3N7O2S/c1-5-28-17(6-13(3)34-10-12(2)31-11-34)20(35)32-14(4)22-30-9-18(37-22)21(36)33-19-7-15(23(25,26)27)16(24)8-29-19/h5-11,14H,3H2,1-2,4H3,(H,32,35)(H,29,33,36)/b17-6-,28-5-/t14-/m1/s1. The molecule has 194 valence electrons. The van der Waals surface area contributed by atoms with Crippen molar-refractivity contribution in [3.63, 3.8) is 0 Å². The molecule has 0 aliphatic rings. The zero-order chi connectivity index (χ0) is 27.3. The Morgan fingerprint density at radius 1 is 1.27 bits per heavy atom. The van der Waals surface area contributed by atoms with Gasteiger partial charge in [-0.15, -0.1) is 11.3 Å². The maximum Gasteiger partial charge on any atom is 0.418 e. The molecule has 2 N–H and O–H groups in total. The molecular weight excluding hydrogens is 531 g/mol. The van der Waals surface area contributed by atoms with Crippen LogP contribution in [0.2, 0.25) is 5.02 Å². The third-order valence-electron chi connectivity index (χ3n) is 4.72. The van der Waals surface area contributed by atoms with Crippen molar-refractivity contribution < 1.29 is 22.8 Å². The largest absolute Gasteiger partial charge is 0.418 e. The van der Waals surface area contributed by atoms with Gasteiger partial charge in [0.05, 0.1) is 34.8 Å². The third kappa shape index (κ3) is 7.11. The molecule has 9 nitrogen and oxygen atoms in total. The Morgan fingerprint density at radius 2 is 2.00 bits per heavy atom. The highest BCUT2D eigenvalue weighted by atomic mass is 35.5. The number of anilines is 1. The quantitative estimate of drug-likeness (QED) is 0.224. The monoisotopic (exact) mass is 551 g/mol. The number of rotatable bonds is 8. The van der Waals surface area contributed by atoms with Gasteiger partial charge in [0.25, 0.3) is 11.8 Å². The molecule has 0 aliphatic heterocycles. The van der Waals surface area contributed by atoms with Gasteiger partial charge in [-0.25, -0.2) is 15.0 Å². The highest BCUT2D eigenvalue weighted by Gasteiger charge is 2.34. The van der Waals surface area contributed by atoms with Crippen molar-refractivity contribution >= 4 is 52.5 Å². The Labute approximate surface area is 218 Å². The molecule has 0 saturated carbocycles. The predicted octanol–water partition coefficient (Wildman–Crippen LogP) is 5.29. The van der Waals surface area contributed by atoms with E-state index >= 15 is 0 Å². The lowest BCUT2D eigenvalue weighted by Gasteiger charge is -2.12. The van der Waals surface area contributed by atoms with E-state index in [4.69, 9.17) is 11.6 Å². The topological polar surface area (TPSA) is 114 Å². The van der Waals surface area contributed by atoms with E-state index < -0.39 is 34.6 Å². The van der Waals surface area contributed by atoms with Gasteiger partial charge in [-0.05, 0) is 32.9 Å². The number of allylic oxidation sites excluding steroid dienone is 2. The first-order valence-electron chi connectivity index (χ1n) is 10.6. The second-order valence-corrected chi connectivity index (χ2v) is 9.06. The lowest BCUT2D eigenvalue weighted by atomic mass is 10.2. The van der Waals surface area contributed by atoms with Crippen molar-refractivity contribution in [2.45, 2.75) is 33.0 Å². The second-order valence-electron chi connectivity index (χ2n) is 7.59. The molecule has 3 rings (SSSR count). The van der Waals surface area contributed by atoms with E-state index in [0.29, 0.717) is 16.8 Å². The van der Waals surface area contributed by atoms with Crippen molar-refractivity contribution in [3.05, 3.63) is 75.5 Å². The number of aliphatic imine (C=N–C) groups is 1. The fourth-order valence-electron chi connectivity index (χ4n) is 2.94. The maximum atomic E-state index is 13.1. The fourth-order valence-corrected chi connectivity index (χ4v) is 3.96. The molecular formula is C23H21ClF3N7O2S. The summed E-state index contributed by atoms with van der Waals surface area (Å²) >= 11 is 6.52. The molecule has 0 spiro atoms. The summed E-state index contributed by atoms with van der Waals surface area (Å²) in [5.41, 5.74) is 0.228. The number of carbonyl (C=O) groups is 2. The van der Waals surface area contributed by atoms with Gasteiger partial charge in [0, 0.05) is 24.3 Å². The Kier molecular flexibility index (Phi) is 8.61. The van der Waals surface area contributed by atoms with Crippen molar-refractivity contribution in [2.75, 3.05) is 5.32 Å². The van der Waals surface area contributed by atoms with E-state index in [0.717, 1.165) is 23.2 Å².